The Morgan fingerprint density at radius 2 is 2.43 bits per heavy atom. The predicted octanol–water partition coefficient (Wildman–Crippen LogP) is 0.850. The van der Waals surface area contributed by atoms with Crippen LogP contribution in [0.25, 0.3) is 0 Å². The summed E-state index contributed by atoms with van der Waals surface area (Å²) in [5, 5.41) is 18.4. The number of aliphatic hydroxyl groups excluding tert-OH is 1. The second-order valence-electron chi connectivity index (χ2n) is 3.52. The molecular weight excluding hydrogens is 182 g/mol. The molecule has 0 saturated heterocycles. The number of aliphatic hydroxyl groups is 1. The summed E-state index contributed by atoms with van der Waals surface area (Å²) in [4.78, 5) is 11.4. The van der Waals surface area contributed by atoms with E-state index < -0.39 is 18.0 Å². The van der Waals surface area contributed by atoms with Crippen molar-refractivity contribution in [3.63, 3.8) is 0 Å². The van der Waals surface area contributed by atoms with Crippen LogP contribution in [0, 0.1) is 23.2 Å². The molecule has 4 heteroatoms. The molecule has 1 fully saturated rings. The lowest BCUT2D eigenvalue weighted by molar-refractivity contribution is -0.148. The van der Waals surface area contributed by atoms with Crippen LogP contribution in [0.5, 0.6) is 0 Å². The summed E-state index contributed by atoms with van der Waals surface area (Å²) in [6.07, 6.45) is 1.77. The van der Waals surface area contributed by atoms with Crippen LogP contribution < -0.4 is 0 Å². The molecule has 3 unspecified atom stereocenters. The highest BCUT2D eigenvalue weighted by atomic mass is 16.5. The maximum atomic E-state index is 11.4. The van der Waals surface area contributed by atoms with Gasteiger partial charge in [0.15, 0.2) is 0 Å². The van der Waals surface area contributed by atoms with Crippen molar-refractivity contribution in [2.24, 2.45) is 11.8 Å². The summed E-state index contributed by atoms with van der Waals surface area (Å²) < 4.78 is 4.78. The SMILES string of the molecule is CCOC(=O)C(C#N)C1CCCC1O. The van der Waals surface area contributed by atoms with Crippen LogP contribution >= 0.6 is 0 Å². The van der Waals surface area contributed by atoms with Crippen molar-refractivity contribution in [3.8, 4) is 6.07 Å². The van der Waals surface area contributed by atoms with Gasteiger partial charge in [0.05, 0.1) is 18.8 Å². The number of nitriles is 1. The first-order chi connectivity index (χ1) is 6.70. The number of rotatable bonds is 3. The monoisotopic (exact) mass is 197 g/mol. The summed E-state index contributed by atoms with van der Waals surface area (Å²) in [5.74, 6) is -1.53. The van der Waals surface area contributed by atoms with Crippen molar-refractivity contribution in [2.75, 3.05) is 6.61 Å². The zero-order valence-electron chi connectivity index (χ0n) is 8.27. The van der Waals surface area contributed by atoms with Crippen molar-refractivity contribution in [2.45, 2.75) is 32.3 Å². The van der Waals surface area contributed by atoms with Gasteiger partial charge in [0.25, 0.3) is 0 Å². The molecule has 3 atom stereocenters. The maximum Gasteiger partial charge on any atom is 0.323 e. The molecule has 0 aromatic heterocycles. The lowest BCUT2D eigenvalue weighted by Crippen LogP contribution is -2.29. The van der Waals surface area contributed by atoms with Crippen LogP contribution in [-0.2, 0) is 9.53 Å². The number of hydrogen-bond donors (Lipinski definition) is 1. The first-order valence-electron chi connectivity index (χ1n) is 4.95. The van der Waals surface area contributed by atoms with Crippen molar-refractivity contribution in [1.29, 1.82) is 5.26 Å². The number of carbonyl (C=O) groups is 1. The zero-order valence-corrected chi connectivity index (χ0v) is 8.27. The molecule has 0 aliphatic heterocycles. The van der Waals surface area contributed by atoms with Gasteiger partial charge in [-0.25, -0.2) is 0 Å². The molecule has 1 saturated carbocycles. The van der Waals surface area contributed by atoms with E-state index in [1.165, 1.54) is 0 Å². The van der Waals surface area contributed by atoms with Crippen LogP contribution in [0.15, 0.2) is 0 Å². The quantitative estimate of drug-likeness (QED) is 0.681. The summed E-state index contributed by atoms with van der Waals surface area (Å²) in [5.41, 5.74) is 0. The van der Waals surface area contributed by atoms with Gasteiger partial charge in [-0.3, -0.25) is 4.79 Å². The van der Waals surface area contributed by atoms with Gasteiger partial charge in [0, 0.05) is 5.92 Å². The molecule has 0 bridgehead atoms. The van der Waals surface area contributed by atoms with E-state index in [1.807, 2.05) is 6.07 Å². The Hall–Kier alpha value is -1.08. The molecule has 0 aromatic rings. The average molecular weight is 197 g/mol. The summed E-state index contributed by atoms with van der Waals surface area (Å²) in [6.45, 7) is 1.98. The minimum atomic E-state index is -0.799. The van der Waals surface area contributed by atoms with Gasteiger partial charge in [0.2, 0.25) is 0 Å². The predicted molar refractivity (Wildman–Crippen MR) is 49.1 cm³/mol. The summed E-state index contributed by atoms with van der Waals surface area (Å²) in [6, 6.07) is 1.92. The second-order valence-corrected chi connectivity index (χ2v) is 3.52. The second kappa shape index (κ2) is 4.97. The van der Waals surface area contributed by atoms with Gasteiger partial charge >= 0.3 is 5.97 Å². The fraction of sp³-hybridized carbons (Fsp3) is 0.800. The molecule has 1 aliphatic carbocycles. The van der Waals surface area contributed by atoms with Crippen molar-refractivity contribution >= 4 is 5.97 Å². The maximum absolute atomic E-state index is 11.4. The van der Waals surface area contributed by atoms with Crippen LogP contribution in [0.4, 0.5) is 0 Å². The van der Waals surface area contributed by atoms with E-state index in [4.69, 9.17) is 10.00 Å². The van der Waals surface area contributed by atoms with Crippen molar-refractivity contribution in [3.05, 3.63) is 0 Å². The molecule has 0 aromatic carbocycles. The van der Waals surface area contributed by atoms with E-state index in [-0.39, 0.29) is 12.5 Å². The largest absolute Gasteiger partial charge is 0.465 e. The van der Waals surface area contributed by atoms with Gasteiger partial charge in [-0.1, -0.05) is 6.42 Å². The fourth-order valence-corrected chi connectivity index (χ4v) is 1.91. The number of hydrogen-bond acceptors (Lipinski definition) is 4. The van der Waals surface area contributed by atoms with Crippen LogP contribution in [0.2, 0.25) is 0 Å². The molecule has 1 aliphatic rings. The normalized spacial score (nSPS) is 28.1. The number of ether oxygens (including phenoxy) is 1. The van der Waals surface area contributed by atoms with Gasteiger partial charge < -0.3 is 9.84 Å². The molecule has 4 nitrogen and oxygen atoms in total. The fourth-order valence-electron chi connectivity index (χ4n) is 1.91. The van der Waals surface area contributed by atoms with E-state index in [9.17, 15) is 9.90 Å². The van der Waals surface area contributed by atoms with E-state index >= 15 is 0 Å². The Kier molecular flexibility index (Phi) is 3.90. The zero-order chi connectivity index (χ0) is 10.6. The highest BCUT2D eigenvalue weighted by molar-refractivity contribution is 5.75. The molecule has 1 rings (SSSR count). The van der Waals surface area contributed by atoms with Crippen LogP contribution in [0.1, 0.15) is 26.2 Å². The lowest BCUT2D eigenvalue weighted by Gasteiger charge is -2.18. The van der Waals surface area contributed by atoms with E-state index in [1.54, 1.807) is 6.92 Å². The Morgan fingerprint density at radius 3 is 2.86 bits per heavy atom. The number of esters is 1. The highest BCUT2D eigenvalue weighted by Gasteiger charge is 2.37. The van der Waals surface area contributed by atoms with Gasteiger partial charge in [0.1, 0.15) is 5.92 Å². The first kappa shape index (κ1) is 11.0. The Morgan fingerprint density at radius 1 is 1.71 bits per heavy atom. The Balaban J connectivity index is 2.62. The minimum Gasteiger partial charge on any atom is -0.465 e. The minimum absolute atomic E-state index is 0.237. The molecular formula is C10H15NO3. The van der Waals surface area contributed by atoms with Crippen molar-refractivity contribution in [1.82, 2.24) is 0 Å². The summed E-state index contributed by atoms with van der Waals surface area (Å²) >= 11 is 0. The molecule has 0 radical (unpaired) electrons. The van der Waals surface area contributed by atoms with E-state index in [2.05, 4.69) is 0 Å². The standard InChI is InChI=1S/C10H15NO3/c1-2-14-10(13)8(6-11)7-4-3-5-9(7)12/h7-9,12H,2-5H2,1H3. The average Bonchev–Trinajstić information content (AvgIpc) is 2.54. The highest BCUT2D eigenvalue weighted by Crippen LogP contribution is 2.32. The van der Waals surface area contributed by atoms with Crippen LogP contribution in [0.3, 0.4) is 0 Å². The van der Waals surface area contributed by atoms with Gasteiger partial charge in [-0.05, 0) is 19.8 Å². The molecule has 0 spiro atoms. The number of nitrogens with zero attached hydrogens (tertiary/aromatic N) is 1. The third-order valence-corrected chi connectivity index (χ3v) is 2.64. The lowest BCUT2D eigenvalue weighted by atomic mass is 9.90. The molecule has 0 heterocycles. The summed E-state index contributed by atoms with van der Waals surface area (Å²) in [7, 11) is 0. The topological polar surface area (TPSA) is 70.3 Å². The van der Waals surface area contributed by atoms with Gasteiger partial charge in [-0.15, -0.1) is 0 Å². The smallest absolute Gasteiger partial charge is 0.323 e. The third-order valence-electron chi connectivity index (χ3n) is 2.64. The molecule has 14 heavy (non-hydrogen) atoms. The van der Waals surface area contributed by atoms with E-state index in [0.717, 1.165) is 12.8 Å². The number of carbonyl (C=O) groups excluding carboxylic acids is 1. The first-order valence-corrected chi connectivity index (χ1v) is 4.95. The Labute approximate surface area is 83.5 Å². The molecule has 78 valence electrons. The third kappa shape index (κ3) is 2.24. The van der Waals surface area contributed by atoms with Crippen molar-refractivity contribution < 1.29 is 14.6 Å². The molecule has 1 N–H and O–H groups in total. The van der Waals surface area contributed by atoms with Crippen LogP contribution in [-0.4, -0.2) is 23.8 Å². The molecule has 0 amide bonds. The van der Waals surface area contributed by atoms with E-state index in [0.29, 0.717) is 6.42 Å². The van der Waals surface area contributed by atoms with Gasteiger partial charge in [-0.2, -0.15) is 5.26 Å². The Bertz CT molecular complexity index is 246.